The zero-order valence-electron chi connectivity index (χ0n) is 8.18. The van der Waals surface area contributed by atoms with Crippen LogP contribution in [0.1, 0.15) is 17.3 Å². The summed E-state index contributed by atoms with van der Waals surface area (Å²) >= 11 is 1.15. The van der Waals surface area contributed by atoms with Crippen molar-refractivity contribution in [1.82, 2.24) is 0 Å². The van der Waals surface area contributed by atoms with Crippen molar-refractivity contribution in [1.29, 1.82) is 0 Å². The van der Waals surface area contributed by atoms with Crippen LogP contribution >= 0.6 is 11.8 Å². The number of nitro benzene ring substituents is 1. The summed E-state index contributed by atoms with van der Waals surface area (Å²) in [6, 6.07) is 2.84. The van der Waals surface area contributed by atoms with Gasteiger partial charge in [-0.1, -0.05) is 0 Å². The maximum Gasteiger partial charge on any atom is 0.324 e. The van der Waals surface area contributed by atoms with Crippen LogP contribution in [0.25, 0.3) is 0 Å². The molecule has 0 aliphatic carbocycles. The number of carbonyl (C=O) groups is 1. The molecular weight excluding hydrogens is 218 g/mol. The molecule has 1 aromatic carbocycles. The van der Waals surface area contributed by atoms with Crippen LogP contribution in [0.4, 0.5) is 5.69 Å². The van der Waals surface area contributed by atoms with Crippen LogP contribution < -0.4 is 0 Å². The first kappa shape index (κ1) is 11.5. The molecule has 0 atom stereocenters. The fourth-order valence-corrected chi connectivity index (χ4v) is 1.76. The third-order valence-electron chi connectivity index (χ3n) is 1.90. The van der Waals surface area contributed by atoms with Crippen LogP contribution in [0.5, 0.6) is 5.75 Å². The van der Waals surface area contributed by atoms with Crippen molar-refractivity contribution >= 4 is 23.2 Å². The normalized spacial score (nSPS) is 10.0. The Balaban J connectivity index is 3.49. The van der Waals surface area contributed by atoms with E-state index in [9.17, 15) is 20.0 Å². The molecule has 15 heavy (non-hydrogen) atoms. The van der Waals surface area contributed by atoms with Gasteiger partial charge in [0.1, 0.15) is 0 Å². The predicted octanol–water partition coefficient (Wildman–Crippen LogP) is 2.22. The second kappa shape index (κ2) is 4.31. The lowest BCUT2D eigenvalue weighted by atomic mass is 10.1. The van der Waals surface area contributed by atoms with E-state index in [1.807, 2.05) is 0 Å². The van der Waals surface area contributed by atoms with Crippen LogP contribution in [0.3, 0.4) is 0 Å². The molecule has 0 saturated carbocycles. The maximum atomic E-state index is 11.1. The van der Waals surface area contributed by atoms with E-state index in [2.05, 4.69) is 0 Å². The Hall–Kier alpha value is -1.56. The number of hydrogen-bond acceptors (Lipinski definition) is 5. The van der Waals surface area contributed by atoms with Gasteiger partial charge in [0, 0.05) is 0 Å². The number of phenolic OH excluding ortho intramolecular Hbond substituents is 1. The lowest BCUT2D eigenvalue weighted by Gasteiger charge is -2.04. The van der Waals surface area contributed by atoms with Gasteiger partial charge in [-0.05, 0) is 25.3 Å². The quantitative estimate of drug-likeness (QED) is 0.370. The molecule has 0 bridgehead atoms. The second-order valence-corrected chi connectivity index (χ2v) is 3.67. The number of nitrogens with zero attached hydrogens (tertiary/aromatic N) is 1. The molecule has 0 aliphatic heterocycles. The molecule has 1 aromatic rings. The standard InChI is InChI=1S/C9H9NO4S/c1-5(11)6-3-4-7(15-2)8(9(6)12)10(13)14/h3-4,12H,1-2H3. The number of aromatic hydroxyl groups is 1. The number of rotatable bonds is 3. The first-order valence-electron chi connectivity index (χ1n) is 4.04. The molecular formula is C9H9NO4S. The molecule has 1 N–H and O–H groups in total. The van der Waals surface area contributed by atoms with Gasteiger partial charge in [0.25, 0.3) is 0 Å². The summed E-state index contributed by atoms with van der Waals surface area (Å²) in [7, 11) is 0. The van der Waals surface area contributed by atoms with Crippen molar-refractivity contribution in [3.63, 3.8) is 0 Å². The van der Waals surface area contributed by atoms with Crippen molar-refractivity contribution in [2.24, 2.45) is 0 Å². The highest BCUT2D eigenvalue weighted by Gasteiger charge is 2.23. The summed E-state index contributed by atoms with van der Waals surface area (Å²) in [4.78, 5) is 21.4. The van der Waals surface area contributed by atoms with Gasteiger partial charge < -0.3 is 5.11 Å². The Kier molecular flexibility index (Phi) is 3.31. The van der Waals surface area contributed by atoms with E-state index in [1.165, 1.54) is 19.1 Å². The highest BCUT2D eigenvalue weighted by molar-refractivity contribution is 7.98. The van der Waals surface area contributed by atoms with Gasteiger partial charge >= 0.3 is 5.69 Å². The van der Waals surface area contributed by atoms with E-state index in [-0.39, 0.29) is 5.56 Å². The van der Waals surface area contributed by atoms with Gasteiger partial charge in [0.05, 0.1) is 15.4 Å². The molecule has 0 spiro atoms. The predicted molar refractivity (Wildman–Crippen MR) is 56.5 cm³/mol. The summed E-state index contributed by atoms with van der Waals surface area (Å²) in [5, 5.41) is 20.3. The van der Waals surface area contributed by atoms with Crippen LogP contribution in [0.2, 0.25) is 0 Å². The summed E-state index contributed by atoms with van der Waals surface area (Å²) < 4.78 is 0. The molecule has 6 heteroatoms. The molecule has 0 fully saturated rings. The van der Waals surface area contributed by atoms with Crippen LogP contribution in [0, 0.1) is 10.1 Å². The molecule has 5 nitrogen and oxygen atoms in total. The minimum atomic E-state index is -0.687. The van der Waals surface area contributed by atoms with Crippen molar-refractivity contribution < 1.29 is 14.8 Å². The van der Waals surface area contributed by atoms with Crippen molar-refractivity contribution in [3.05, 3.63) is 27.8 Å². The van der Waals surface area contributed by atoms with Gasteiger partial charge in [-0.2, -0.15) is 0 Å². The lowest BCUT2D eigenvalue weighted by Crippen LogP contribution is -1.98. The van der Waals surface area contributed by atoms with Crippen LogP contribution in [-0.2, 0) is 0 Å². The highest BCUT2D eigenvalue weighted by atomic mass is 32.2. The highest BCUT2D eigenvalue weighted by Crippen LogP contribution is 2.38. The lowest BCUT2D eigenvalue weighted by molar-refractivity contribution is -0.388. The van der Waals surface area contributed by atoms with Gasteiger partial charge in [-0.25, -0.2) is 0 Å². The number of hydrogen-bond donors (Lipinski definition) is 1. The van der Waals surface area contributed by atoms with Gasteiger partial charge in [-0.3, -0.25) is 14.9 Å². The zero-order chi connectivity index (χ0) is 11.6. The number of thioether (sulfide) groups is 1. The minimum Gasteiger partial charge on any atom is -0.502 e. The van der Waals surface area contributed by atoms with Crippen molar-refractivity contribution in [2.75, 3.05) is 6.26 Å². The maximum absolute atomic E-state index is 11.1. The molecule has 0 aliphatic rings. The Bertz CT molecular complexity index is 430. The van der Waals surface area contributed by atoms with E-state index in [0.717, 1.165) is 11.8 Å². The van der Waals surface area contributed by atoms with Gasteiger partial charge in [0.2, 0.25) is 5.75 Å². The number of nitro groups is 1. The zero-order valence-corrected chi connectivity index (χ0v) is 9.00. The van der Waals surface area contributed by atoms with Crippen LogP contribution in [0.15, 0.2) is 17.0 Å². The van der Waals surface area contributed by atoms with Crippen molar-refractivity contribution in [3.8, 4) is 5.75 Å². The Labute approximate surface area is 90.3 Å². The van der Waals surface area contributed by atoms with E-state index in [0.29, 0.717) is 4.90 Å². The molecule has 1 rings (SSSR count). The average Bonchev–Trinajstić information content (AvgIpc) is 2.15. The van der Waals surface area contributed by atoms with E-state index < -0.39 is 22.1 Å². The molecule has 0 radical (unpaired) electrons. The third-order valence-corrected chi connectivity index (χ3v) is 2.67. The number of carbonyl (C=O) groups excluding carboxylic acids is 1. The summed E-state index contributed by atoms with van der Waals surface area (Å²) in [6.45, 7) is 1.25. The number of benzene rings is 1. The van der Waals surface area contributed by atoms with Gasteiger partial charge in [0.15, 0.2) is 5.78 Å². The molecule has 80 valence electrons. The third kappa shape index (κ3) is 2.10. The smallest absolute Gasteiger partial charge is 0.324 e. The molecule has 0 aromatic heterocycles. The fourth-order valence-electron chi connectivity index (χ4n) is 1.19. The molecule has 0 amide bonds. The largest absolute Gasteiger partial charge is 0.502 e. The Morgan fingerprint density at radius 3 is 2.53 bits per heavy atom. The molecule has 0 heterocycles. The summed E-state index contributed by atoms with van der Waals surface area (Å²) in [5.41, 5.74) is -0.435. The summed E-state index contributed by atoms with van der Waals surface area (Å²) in [5.74, 6) is -0.956. The number of phenols is 1. The number of ketones is 1. The molecule has 0 saturated heterocycles. The average molecular weight is 227 g/mol. The molecule has 0 unspecified atom stereocenters. The van der Waals surface area contributed by atoms with Crippen molar-refractivity contribution in [2.45, 2.75) is 11.8 Å². The first-order valence-corrected chi connectivity index (χ1v) is 5.26. The van der Waals surface area contributed by atoms with E-state index in [1.54, 1.807) is 6.26 Å². The SMILES string of the molecule is CSc1ccc(C(C)=O)c(O)c1[N+](=O)[O-]. The van der Waals surface area contributed by atoms with E-state index >= 15 is 0 Å². The van der Waals surface area contributed by atoms with E-state index in [4.69, 9.17) is 0 Å². The van der Waals surface area contributed by atoms with Gasteiger partial charge in [-0.15, -0.1) is 11.8 Å². The minimum absolute atomic E-state index is 0.0282. The first-order chi connectivity index (χ1) is 6.99. The Morgan fingerprint density at radius 1 is 1.53 bits per heavy atom. The number of Topliss-reactive ketones (excluding diaryl/α,β-unsaturated/α-hetero) is 1. The van der Waals surface area contributed by atoms with Crippen LogP contribution in [-0.4, -0.2) is 22.1 Å². The second-order valence-electron chi connectivity index (χ2n) is 2.83. The topological polar surface area (TPSA) is 80.4 Å². The fraction of sp³-hybridized carbons (Fsp3) is 0.222. The monoisotopic (exact) mass is 227 g/mol. The Morgan fingerprint density at radius 2 is 2.13 bits per heavy atom. The summed E-state index contributed by atoms with van der Waals surface area (Å²) in [6.07, 6.45) is 1.66.